The molecule has 0 aliphatic rings. The Labute approximate surface area is 122 Å². The molecule has 0 spiro atoms. The van der Waals surface area contributed by atoms with E-state index in [0.717, 1.165) is 30.5 Å². The molecule has 1 aromatic carbocycles. The normalized spacial score (nSPS) is 10.3. The monoisotopic (exact) mass is 275 g/mol. The smallest absolute Gasteiger partial charge is 0.213 e. The number of nitrogens with zero attached hydrogens (tertiary/aromatic N) is 1. The van der Waals surface area contributed by atoms with E-state index in [1.807, 2.05) is 12.1 Å². The first-order chi connectivity index (χ1) is 9.69. The molecule has 0 fully saturated rings. The summed E-state index contributed by atoms with van der Waals surface area (Å²) in [4.78, 5) is 24.1. The Kier molecular flexibility index (Phi) is 7.63. The number of hydrogen-bond acceptors (Lipinski definition) is 2. The molecular formula is C17H25NO2. The van der Waals surface area contributed by atoms with Gasteiger partial charge in [-0.1, -0.05) is 39.0 Å². The molecule has 0 N–H and O–H groups in total. The van der Waals surface area contributed by atoms with Crippen LogP contribution in [-0.4, -0.2) is 19.2 Å². The topological polar surface area (TPSA) is 37.4 Å². The van der Waals surface area contributed by atoms with Crippen molar-refractivity contribution in [2.75, 3.05) is 11.9 Å². The lowest BCUT2D eigenvalue weighted by Gasteiger charge is -2.10. The number of rotatable bonds is 10. The van der Waals surface area contributed by atoms with Gasteiger partial charge in [0.2, 0.25) is 6.41 Å². The predicted molar refractivity (Wildman–Crippen MR) is 83.2 cm³/mol. The van der Waals surface area contributed by atoms with Gasteiger partial charge in [-0.3, -0.25) is 9.59 Å². The second-order valence-electron chi connectivity index (χ2n) is 5.20. The van der Waals surface area contributed by atoms with E-state index in [-0.39, 0.29) is 5.78 Å². The number of ketones is 1. The standard InChI is InChI=1S/C17H25NO2/c1-3-4-5-6-7-8-9-17(20)15-10-12-16(13-11-15)18(2)14-19/h10-14H,3-9H2,1-2H3. The first-order valence-electron chi connectivity index (χ1n) is 7.50. The van der Waals surface area contributed by atoms with Gasteiger partial charge in [0.15, 0.2) is 5.78 Å². The number of carbonyl (C=O) groups excluding carboxylic acids is 2. The number of Topliss-reactive ketones (excluding diaryl/α,β-unsaturated/α-hetero) is 1. The Bertz CT molecular complexity index is 412. The fourth-order valence-electron chi connectivity index (χ4n) is 2.15. The molecule has 3 nitrogen and oxygen atoms in total. The van der Waals surface area contributed by atoms with Crippen LogP contribution >= 0.6 is 0 Å². The first-order valence-corrected chi connectivity index (χ1v) is 7.50. The Balaban J connectivity index is 2.34. The van der Waals surface area contributed by atoms with Crippen LogP contribution in [0.15, 0.2) is 24.3 Å². The fraction of sp³-hybridized carbons (Fsp3) is 0.529. The van der Waals surface area contributed by atoms with E-state index in [4.69, 9.17) is 0 Å². The van der Waals surface area contributed by atoms with E-state index in [9.17, 15) is 9.59 Å². The van der Waals surface area contributed by atoms with Crippen molar-refractivity contribution in [3.05, 3.63) is 29.8 Å². The molecule has 0 heterocycles. The molecule has 0 radical (unpaired) electrons. The minimum Gasteiger partial charge on any atom is -0.318 e. The highest BCUT2D eigenvalue weighted by Gasteiger charge is 2.06. The van der Waals surface area contributed by atoms with Crippen LogP contribution in [0.3, 0.4) is 0 Å². The third-order valence-electron chi connectivity index (χ3n) is 3.51. The van der Waals surface area contributed by atoms with E-state index in [1.165, 1.54) is 30.6 Å². The largest absolute Gasteiger partial charge is 0.318 e. The molecule has 0 atom stereocenters. The van der Waals surface area contributed by atoms with E-state index in [0.29, 0.717) is 6.42 Å². The highest BCUT2D eigenvalue weighted by molar-refractivity contribution is 5.96. The third-order valence-corrected chi connectivity index (χ3v) is 3.51. The van der Waals surface area contributed by atoms with E-state index in [1.54, 1.807) is 19.2 Å². The molecule has 0 saturated carbocycles. The van der Waals surface area contributed by atoms with Gasteiger partial charge in [0.25, 0.3) is 0 Å². The third kappa shape index (κ3) is 5.55. The molecule has 0 unspecified atom stereocenters. The minimum absolute atomic E-state index is 0.195. The fourth-order valence-corrected chi connectivity index (χ4v) is 2.15. The Morgan fingerprint density at radius 1 is 1.05 bits per heavy atom. The maximum absolute atomic E-state index is 12.0. The lowest BCUT2D eigenvalue weighted by Crippen LogP contribution is -2.13. The zero-order valence-electron chi connectivity index (χ0n) is 12.6. The average molecular weight is 275 g/mol. The lowest BCUT2D eigenvalue weighted by atomic mass is 10.0. The van der Waals surface area contributed by atoms with Crippen molar-refractivity contribution >= 4 is 17.9 Å². The van der Waals surface area contributed by atoms with E-state index < -0.39 is 0 Å². The second kappa shape index (κ2) is 9.29. The summed E-state index contributed by atoms with van der Waals surface area (Å²) in [5.41, 5.74) is 1.54. The van der Waals surface area contributed by atoms with Crippen LogP contribution in [0.25, 0.3) is 0 Å². The van der Waals surface area contributed by atoms with Gasteiger partial charge >= 0.3 is 0 Å². The molecule has 20 heavy (non-hydrogen) atoms. The van der Waals surface area contributed by atoms with E-state index in [2.05, 4.69) is 6.92 Å². The van der Waals surface area contributed by atoms with Gasteiger partial charge in [0.05, 0.1) is 0 Å². The van der Waals surface area contributed by atoms with Crippen molar-refractivity contribution < 1.29 is 9.59 Å². The lowest BCUT2D eigenvalue weighted by molar-refractivity contribution is -0.107. The van der Waals surface area contributed by atoms with Gasteiger partial charge in [0, 0.05) is 24.7 Å². The molecule has 0 aliphatic carbocycles. The molecule has 0 aromatic heterocycles. The molecule has 0 bridgehead atoms. The van der Waals surface area contributed by atoms with Crippen molar-refractivity contribution in [3.8, 4) is 0 Å². The molecule has 1 aromatic rings. The summed E-state index contributed by atoms with van der Waals surface area (Å²) < 4.78 is 0. The number of anilines is 1. The number of amides is 1. The van der Waals surface area contributed by atoms with Gasteiger partial charge in [-0.05, 0) is 30.7 Å². The maximum atomic E-state index is 12.0. The molecule has 3 heteroatoms. The SMILES string of the molecule is CCCCCCCCC(=O)c1ccc(N(C)C=O)cc1. The molecule has 1 amide bonds. The summed E-state index contributed by atoms with van der Waals surface area (Å²) in [5, 5.41) is 0. The van der Waals surface area contributed by atoms with Gasteiger partial charge in [0.1, 0.15) is 0 Å². The van der Waals surface area contributed by atoms with Crippen LogP contribution in [0, 0.1) is 0 Å². The Hall–Kier alpha value is -1.64. The van der Waals surface area contributed by atoms with Gasteiger partial charge in [-0.25, -0.2) is 0 Å². The Morgan fingerprint density at radius 3 is 2.25 bits per heavy atom. The Morgan fingerprint density at radius 2 is 1.65 bits per heavy atom. The predicted octanol–water partition coefficient (Wildman–Crippen LogP) is 4.21. The highest BCUT2D eigenvalue weighted by atomic mass is 16.1. The average Bonchev–Trinajstić information content (AvgIpc) is 2.50. The summed E-state index contributed by atoms with van der Waals surface area (Å²) in [6.07, 6.45) is 8.53. The number of hydrogen-bond donors (Lipinski definition) is 0. The molecule has 0 saturated heterocycles. The summed E-state index contributed by atoms with van der Waals surface area (Å²) in [7, 11) is 1.69. The first kappa shape index (κ1) is 16.4. The van der Waals surface area contributed by atoms with Crippen molar-refractivity contribution in [1.82, 2.24) is 0 Å². The molecule has 0 aliphatic heterocycles. The van der Waals surface area contributed by atoms with Crippen LogP contribution in [0.1, 0.15) is 62.2 Å². The summed E-state index contributed by atoms with van der Waals surface area (Å²) in [5.74, 6) is 0.195. The van der Waals surface area contributed by atoms with Crippen molar-refractivity contribution in [1.29, 1.82) is 0 Å². The van der Waals surface area contributed by atoms with Crippen LogP contribution in [0.5, 0.6) is 0 Å². The van der Waals surface area contributed by atoms with E-state index >= 15 is 0 Å². The van der Waals surface area contributed by atoms with Gasteiger partial charge < -0.3 is 4.90 Å². The molecule has 1 rings (SSSR count). The summed E-state index contributed by atoms with van der Waals surface area (Å²) in [6.45, 7) is 2.20. The summed E-state index contributed by atoms with van der Waals surface area (Å²) in [6, 6.07) is 7.22. The summed E-state index contributed by atoms with van der Waals surface area (Å²) >= 11 is 0. The van der Waals surface area contributed by atoms with Crippen LogP contribution < -0.4 is 4.90 Å². The minimum atomic E-state index is 0.195. The zero-order valence-corrected chi connectivity index (χ0v) is 12.6. The van der Waals surface area contributed by atoms with Crippen molar-refractivity contribution in [2.45, 2.75) is 51.9 Å². The van der Waals surface area contributed by atoms with Crippen LogP contribution in [0.4, 0.5) is 5.69 Å². The van der Waals surface area contributed by atoms with Crippen molar-refractivity contribution in [2.24, 2.45) is 0 Å². The van der Waals surface area contributed by atoms with Gasteiger partial charge in [-0.15, -0.1) is 0 Å². The zero-order chi connectivity index (χ0) is 14.8. The highest BCUT2D eigenvalue weighted by Crippen LogP contribution is 2.15. The number of unbranched alkanes of at least 4 members (excludes halogenated alkanes) is 5. The number of benzene rings is 1. The maximum Gasteiger partial charge on any atom is 0.213 e. The number of carbonyl (C=O) groups is 2. The van der Waals surface area contributed by atoms with Crippen LogP contribution in [-0.2, 0) is 4.79 Å². The van der Waals surface area contributed by atoms with Crippen LogP contribution in [0.2, 0.25) is 0 Å². The molecule has 110 valence electrons. The second-order valence-corrected chi connectivity index (χ2v) is 5.20. The van der Waals surface area contributed by atoms with Gasteiger partial charge in [-0.2, -0.15) is 0 Å². The van der Waals surface area contributed by atoms with Crippen molar-refractivity contribution in [3.63, 3.8) is 0 Å². The quantitative estimate of drug-likeness (QED) is 0.364. The molecular weight excluding hydrogens is 250 g/mol.